The monoisotopic (exact) mass is 478 g/mol. The highest BCUT2D eigenvalue weighted by molar-refractivity contribution is 7.09. The number of ether oxygens (including phenoxy) is 1. The molecular formula is C26H26N2O5S. The van der Waals surface area contributed by atoms with Gasteiger partial charge in [0.2, 0.25) is 5.88 Å². The van der Waals surface area contributed by atoms with E-state index in [0.29, 0.717) is 30.0 Å². The second kappa shape index (κ2) is 11.4. The number of aromatic hydroxyl groups is 1. The van der Waals surface area contributed by atoms with E-state index >= 15 is 0 Å². The maximum atomic E-state index is 12.6. The molecule has 0 saturated heterocycles. The Morgan fingerprint density at radius 3 is 2.59 bits per heavy atom. The van der Waals surface area contributed by atoms with E-state index in [9.17, 15) is 14.7 Å². The summed E-state index contributed by atoms with van der Waals surface area (Å²) in [5.74, 6) is 1.34. The molecule has 4 aromatic rings. The summed E-state index contributed by atoms with van der Waals surface area (Å²) in [5.41, 5.74) is 2.40. The fourth-order valence-corrected chi connectivity index (χ4v) is 4.33. The molecule has 0 aliphatic heterocycles. The minimum absolute atomic E-state index is 0.0179. The quantitative estimate of drug-likeness (QED) is 0.260. The molecule has 0 atom stereocenters. The Hall–Kier alpha value is -3.78. The van der Waals surface area contributed by atoms with Gasteiger partial charge in [-0.3, -0.25) is 14.6 Å². The molecule has 4 rings (SSSR count). The molecular weight excluding hydrogens is 452 g/mol. The molecule has 2 aromatic carbocycles. The van der Waals surface area contributed by atoms with Crippen LogP contribution in [0, 0.1) is 0 Å². The van der Waals surface area contributed by atoms with Gasteiger partial charge in [0, 0.05) is 23.2 Å². The summed E-state index contributed by atoms with van der Waals surface area (Å²) in [6.45, 7) is 0.912. The van der Waals surface area contributed by atoms with Gasteiger partial charge in [-0.15, -0.1) is 0 Å². The standard InChI is InChI=1S/C26H26N2O5S/c29-24(19-13-11-18(12-14-19)21-9-6-16-33-21)27-17-20-7-3-4-8-22(20)32-15-5-1-2-10-23-25(30)28-26(31)34-23/h3-4,6-9,11-14,16,30H,1-2,5,10,15,17H2,(H,27,29)(H,28,31). The van der Waals surface area contributed by atoms with Crippen molar-refractivity contribution in [3.63, 3.8) is 0 Å². The van der Waals surface area contributed by atoms with E-state index in [0.717, 1.165) is 53.2 Å². The number of hydrogen-bond donors (Lipinski definition) is 3. The zero-order valence-electron chi connectivity index (χ0n) is 18.6. The molecule has 0 bridgehead atoms. The lowest BCUT2D eigenvalue weighted by atomic mass is 10.1. The summed E-state index contributed by atoms with van der Waals surface area (Å²) in [7, 11) is 0. The molecule has 0 aliphatic rings. The van der Waals surface area contributed by atoms with E-state index < -0.39 is 0 Å². The summed E-state index contributed by atoms with van der Waals surface area (Å²) in [4.78, 5) is 26.7. The summed E-state index contributed by atoms with van der Waals surface area (Å²) in [6, 6.07) is 18.7. The fourth-order valence-electron chi connectivity index (χ4n) is 3.57. The predicted molar refractivity (Wildman–Crippen MR) is 131 cm³/mol. The smallest absolute Gasteiger partial charge is 0.307 e. The topological polar surface area (TPSA) is 105 Å². The molecule has 0 fully saturated rings. The number of H-pyrrole nitrogens is 1. The van der Waals surface area contributed by atoms with Crippen LogP contribution >= 0.6 is 11.3 Å². The highest BCUT2D eigenvalue weighted by Crippen LogP contribution is 2.22. The van der Waals surface area contributed by atoms with Crippen molar-refractivity contribution in [1.29, 1.82) is 0 Å². The SMILES string of the molecule is O=C(NCc1ccccc1OCCCCCc1sc(=O)[nH]c1O)c1ccc(-c2ccco2)cc1. The zero-order chi connectivity index (χ0) is 23.8. The average Bonchev–Trinajstić information content (AvgIpc) is 3.50. The minimum Gasteiger partial charge on any atom is -0.494 e. The maximum absolute atomic E-state index is 12.6. The van der Waals surface area contributed by atoms with Gasteiger partial charge >= 0.3 is 4.87 Å². The Bertz CT molecular complexity index is 1260. The van der Waals surface area contributed by atoms with Crippen LogP contribution in [0.1, 0.15) is 40.1 Å². The first-order chi connectivity index (χ1) is 16.6. The highest BCUT2D eigenvalue weighted by Gasteiger charge is 2.10. The number of aromatic nitrogens is 1. The van der Waals surface area contributed by atoms with Crippen LogP contribution in [0.2, 0.25) is 0 Å². The number of amides is 1. The van der Waals surface area contributed by atoms with Crippen molar-refractivity contribution in [2.24, 2.45) is 0 Å². The number of aryl methyl sites for hydroxylation is 1. The Balaban J connectivity index is 1.22. The number of aromatic amines is 1. The molecule has 8 heteroatoms. The number of carbonyl (C=O) groups excluding carboxylic acids is 1. The molecule has 2 aromatic heterocycles. The molecule has 0 spiro atoms. The highest BCUT2D eigenvalue weighted by atomic mass is 32.1. The third kappa shape index (κ3) is 6.17. The van der Waals surface area contributed by atoms with E-state index in [4.69, 9.17) is 9.15 Å². The van der Waals surface area contributed by atoms with Crippen LogP contribution in [-0.2, 0) is 13.0 Å². The molecule has 0 radical (unpaired) electrons. The van der Waals surface area contributed by atoms with Crippen LogP contribution in [0.15, 0.2) is 76.1 Å². The van der Waals surface area contributed by atoms with Gasteiger partial charge in [0.15, 0.2) is 0 Å². The number of para-hydroxylation sites is 1. The summed E-state index contributed by atoms with van der Waals surface area (Å²) in [6.07, 6.45) is 4.91. The van der Waals surface area contributed by atoms with Crippen LogP contribution in [-0.4, -0.2) is 22.6 Å². The largest absolute Gasteiger partial charge is 0.494 e. The van der Waals surface area contributed by atoms with Crippen molar-refractivity contribution in [3.8, 4) is 23.0 Å². The van der Waals surface area contributed by atoms with Gasteiger partial charge in [-0.25, -0.2) is 0 Å². The lowest BCUT2D eigenvalue weighted by Crippen LogP contribution is -2.23. The summed E-state index contributed by atoms with van der Waals surface area (Å²) in [5, 5.41) is 12.6. The molecule has 3 N–H and O–H groups in total. The molecule has 176 valence electrons. The van der Waals surface area contributed by atoms with Crippen LogP contribution in [0.3, 0.4) is 0 Å². The fraction of sp³-hybridized carbons (Fsp3) is 0.231. The lowest BCUT2D eigenvalue weighted by Gasteiger charge is -2.12. The van der Waals surface area contributed by atoms with Crippen LogP contribution in [0.5, 0.6) is 11.6 Å². The summed E-state index contributed by atoms with van der Waals surface area (Å²) < 4.78 is 11.3. The molecule has 0 aliphatic carbocycles. The van der Waals surface area contributed by atoms with E-state index in [2.05, 4.69) is 10.3 Å². The zero-order valence-corrected chi connectivity index (χ0v) is 19.4. The maximum Gasteiger partial charge on any atom is 0.307 e. The van der Waals surface area contributed by atoms with Gasteiger partial charge in [0.25, 0.3) is 5.91 Å². The van der Waals surface area contributed by atoms with Crippen molar-refractivity contribution < 1.29 is 19.1 Å². The van der Waals surface area contributed by atoms with Crippen LogP contribution in [0.4, 0.5) is 0 Å². The average molecular weight is 479 g/mol. The van der Waals surface area contributed by atoms with Gasteiger partial charge < -0.3 is 19.6 Å². The third-order valence-corrected chi connectivity index (χ3v) is 6.30. The van der Waals surface area contributed by atoms with Gasteiger partial charge in [-0.1, -0.05) is 41.7 Å². The van der Waals surface area contributed by atoms with Gasteiger partial charge in [0.1, 0.15) is 11.5 Å². The molecule has 0 unspecified atom stereocenters. The summed E-state index contributed by atoms with van der Waals surface area (Å²) >= 11 is 1.05. The van der Waals surface area contributed by atoms with Crippen molar-refractivity contribution in [2.75, 3.05) is 6.61 Å². The Morgan fingerprint density at radius 1 is 1.03 bits per heavy atom. The Labute approximate surface area is 201 Å². The van der Waals surface area contributed by atoms with Crippen molar-refractivity contribution in [3.05, 3.63) is 92.6 Å². The third-order valence-electron chi connectivity index (χ3n) is 5.37. The van der Waals surface area contributed by atoms with E-state index in [-0.39, 0.29) is 16.7 Å². The first-order valence-corrected chi connectivity index (χ1v) is 12.0. The minimum atomic E-state index is -0.231. The number of nitrogens with one attached hydrogen (secondary N) is 2. The van der Waals surface area contributed by atoms with Crippen LogP contribution in [0.25, 0.3) is 11.3 Å². The van der Waals surface area contributed by atoms with E-state index in [1.54, 1.807) is 18.4 Å². The first kappa shape index (κ1) is 23.4. The Kier molecular flexibility index (Phi) is 7.83. The van der Waals surface area contributed by atoms with Gasteiger partial charge in [0.05, 0.1) is 17.7 Å². The van der Waals surface area contributed by atoms with Crippen LogP contribution < -0.4 is 14.9 Å². The number of unbranched alkanes of at least 4 members (excludes halogenated alkanes) is 2. The second-order valence-electron chi connectivity index (χ2n) is 7.79. The lowest BCUT2D eigenvalue weighted by molar-refractivity contribution is 0.0950. The van der Waals surface area contributed by atoms with Crippen molar-refractivity contribution >= 4 is 17.2 Å². The normalized spacial score (nSPS) is 10.8. The van der Waals surface area contributed by atoms with Gasteiger partial charge in [-0.05, 0) is 56.0 Å². The molecule has 7 nitrogen and oxygen atoms in total. The van der Waals surface area contributed by atoms with Crippen molar-refractivity contribution in [1.82, 2.24) is 10.3 Å². The second-order valence-corrected chi connectivity index (χ2v) is 8.86. The number of rotatable bonds is 11. The Morgan fingerprint density at radius 2 is 1.85 bits per heavy atom. The molecule has 2 heterocycles. The van der Waals surface area contributed by atoms with Crippen molar-refractivity contribution in [2.45, 2.75) is 32.2 Å². The van der Waals surface area contributed by atoms with E-state index in [1.807, 2.05) is 48.5 Å². The molecule has 34 heavy (non-hydrogen) atoms. The number of furan rings is 1. The first-order valence-electron chi connectivity index (χ1n) is 11.1. The number of hydrogen-bond acceptors (Lipinski definition) is 6. The number of benzene rings is 2. The molecule has 0 saturated carbocycles. The number of thiazole rings is 1. The molecule has 1 amide bonds. The van der Waals surface area contributed by atoms with Gasteiger partial charge in [-0.2, -0.15) is 0 Å². The number of carbonyl (C=O) groups is 1. The predicted octanol–water partition coefficient (Wildman–Crippen LogP) is 5.12. The van der Waals surface area contributed by atoms with E-state index in [1.165, 1.54) is 0 Å².